The van der Waals surface area contributed by atoms with Crippen LogP contribution in [0.25, 0.3) is 11.4 Å². The molecular weight excluding hydrogens is 310 g/mol. The number of piperidine rings is 1. The molecule has 0 radical (unpaired) electrons. The van der Waals surface area contributed by atoms with Gasteiger partial charge >= 0.3 is 0 Å². The van der Waals surface area contributed by atoms with Crippen molar-refractivity contribution in [1.29, 1.82) is 0 Å². The Balaban J connectivity index is 1.60. The maximum Gasteiger partial charge on any atom is 0.233 e. The molecule has 0 aliphatic carbocycles. The summed E-state index contributed by atoms with van der Waals surface area (Å²) >= 11 is 1.38. The summed E-state index contributed by atoms with van der Waals surface area (Å²) in [6.07, 6.45) is 6.82. The molecule has 1 fully saturated rings. The van der Waals surface area contributed by atoms with Gasteiger partial charge in [-0.2, -0.15) is 0 Å². The van der Waals surface area contributed by atoms with E-state index >= 15 is 0 Å². The minimum absolute atomic E-state index is 0.171. The molecule has 1 aliphatic heterocycles. The van der Waals surface area contributed by atoms with Crippen LogP contribution in [0.3, 0.4) is 0 Å². The van der Waals surface area contributed by atoms with Gasteiger partial charge in [0, 0.05) is 30.0 Å². The van der Waals surface area contributed by atoms with Crippen molar-refractivity contribution in [3.8, 4) is 11.4 Å². The number of thioether (sulfide) groups is 1. The number of likely N-dealkylation sites (tertiary alicyclic amines) is 1. The van der Waals surface area contributed by atoms with Crippen molar-refractivity contribution in [1.82, 2.24) is 25.1 Å². The molecule has 3 rings (SSSR count). The van der Waals surface area contributed by atoms with E-state index in [-0.39, 0.29) is 5.91 Å². The van der Waals surface area contributed by atoms with Gasteiger partial charge in [0.15, 0.2) is 5.82 Å². The Morgan fingerprint density at radius 3 is 2.70 bits per heavy atom. The van der Waals surface area contributed by atoms with Crippen LogP contribution in [-0.2, 0) is 4.79 Å². The number of nitrogens with one attached hydrogen (secondary N) is 1. The van der Waals surface area contributed by atoms with Crippen LogP contribution in [0.2, 0.25) is 0 Å². The quantitative estimate of drug-likeness (QED) is 0.872. The first-order chi connectivity index (χ1) is 11.1. The van der Waals surface area contributed by atoms with Gasteiger partial charge < -0.3 is 4.90 Å². The molecule has 1 saturated heterocycles. The highest BCUT2D eigenvalue weighted by atomic mass is 32.2. The van der Waals surface area contributed by atoms with Crippen molar-refractivity contribution in [2.24, 2.45) is 0 Å². The van der Waals surface area contributed by atoms with E-state index in [1.807, 2.05) is 17.0 Å². The third-order valence-corrected chi connectivity index (χ3v) is 5.06. The lowest BCUT2D eigenvalue weighted by atomic mass is 9.98. The molecule has 1 amide bonds. The fraction of sp³-hybridized carbons (Fsp3) is 0.500. The van der Waals surface area contributed by atoms with Gasteiger partial charge in [-0.25, -0.2) is 4.98 Å². The van der Waals surface area contributed by atoms with E-state index in [0.29, 0.717) is 28.8 Å². The highest BCUT2D eigenvalue weighted by Crippen LogP contribution is 2.25. The molecule has 0 aromatic carbocycles. The van der Waals surface area contributed by atoms with Crippen LogP contribution in [0, 0.1) is 0 Å². The summed E-state index contributed by atoms with van der Waals surface area (Å²) < 4.78 is 0. The number of nitrogens with zero attached hydrogens (tertiary/aromatic N) is 4. The summed E-state index contributed by atoms with van der Waals surface area (Å²) in [5, 5.41) is 7.69. The van der Waals surface area contributed by atoms with Crippen molar-refractivity contribution < 1.29 is 4.79 Å². The zero-order chi connectivity index (χ0) is 16.2. The van der Waals surface area contributed by atoms with E-state index in [1.165, 1.54) is 18.2 Å². The molecule has 122 valence electrons. The number of pyridine rings is 1. The van der Waals surface area contributed by atoms with Crippen molar-refractivity contribution in [2.75, 3.05) is 5.75 Å². The lowest BCUT2D eigenvalue weighted by molar-refractivity contribution is -0.134. The second kappa shape index (κ2) is 7.12. The van der Waals surface area contributed by atoms with Crippen LogP contribution in [0.5, 0.6) is 0 Å². The number of amides is 1. The van der Waals surface area contributed by atoms with E-state index in [4.69, 9.17) is 0 Å². The zero-order valence-corrected chi connectivity index (χ0v) is 14.2. The lowest BCUT2D eigenvalue weighted by Crippen LogP contribution is -2.48. The van der Waals surface area contributed by atoms with Crippen molar-refractivity contribution >= 4 is 17.7 Å². The van der Waals surface area contributed by atoms with E-state index in [2.05, 4.69) is 34.0 Å². The predicted octanol–water partition coefficient (Wildman–Crippen LogP) is 2.75. The van der Waals surface area contributed by atoms with Gasteiger partial charge in [0.05, 0.1) is 5.75 Å². The summed E-state index contributed by atoms with van der Waals surface area (Å²) in [6.45, 7) is 4.26. The van der Waals surface area contributed by atoms with Crippen LogP contribution in [0.1, 0.15) is 33.1 Å². The maximum atomic E-state index is 12.5. The Labute approximate surface area is 140 Å². The van der Waals surface area contributed by atoms with Crippen LogP contribution in [0.15, 0.2) is 29.7 Å². The Bertz CT molecular complexity index is 650. The third kappa shape index (κ3) is 3.72. The first-order valence-electron chi connectivity index (χ1n) is 7.92. The number of aromatic nitrogens is 4. The Morgan fingerprint density at radius 1 is 1.30 bits per heavy atom. The number of carbonyl (C=O) groups is 1. The molecule has 6 nitrogen and oxygen atoms in total. The number of hydrogen-bond donors (Lipinski definition) is 1. The molecule has 1 aliphatic rings. The SMILES string of the molecule is C[C@H]1CCC[C@H](C)N1C(=O)CSc1n[nH]c(-c2ccncc2)n1. The molecule has 3 heterocycles. The second-order valence-corrected chi connectivity index (χ2v) is 6.86. The number of H-pyrrole nitrogens is 1. The molecule has 0 spiro atoms. The van der Waals surface area contributed by atoms with Crippen LogP contribution in [0.4, 0.5) is 0 Å². The summed E-state index contributed by atoms with van der Waals surface area (Å²) in [6, 6.07) is 4.40. The van der Waals surface area contributed by atoms with Gasteiger partial charge in [-0.05, 0) is 45.2 Å². The topological polar surface area (TPSA) is 74.8 Å². The largest absolute Gasteiger partial charge is 0.337 e. The molecule has 0 saturated carbocycles. The third-order valence-electron chi connectivity index (χ3n) is 4.22. The average Bonchev–Trinajstić information content (AvgIpc) is 3.02. The highest BCUT2D eigenvalue weighted by Gasteiger charge is 2.28. The standard InChI is InChI=1S/C16H21N5OS/c1-11-4-3-5-12(2)21(11)14(22)10-23-16-18-15(19-20-16)13-6-8-17-9-7-13/h6-9,11-12H,3-5,10H2,1-2H3,(H,18,19,20)/t11-,12-/m0/s1. The molecule has 0 unspecified atom stereocenters. The number of hydrogen-bond acceptors (Lipinski definition) is 5. The van der Waals surface area contributed by atoms with Crippen molar-refractivity contribution in [3.05, 3.63) is 24.5 Å². The van der Waals surface area contributed by atoms with Gasteiger partial charge in [0.1, 0.15) is 0 Å². The van der Waals surface area contributed by atoms with E-state index < -0.39 is 0 Å². The molecular formula is C16H21N5OS. The molecule has 2 atom stereocenters. The monoisotopic (exact) mass is 331 g/mol. The van der Waals surface area contributed by atoms with Gasteiger partial charge in [-0.3, -0.25) is 14.9 Å². The van der Waals surface area contributed by atoms with Gasteiger partial charge in [0.2, 0.25) is 11.1 Å². The van der Waals surface area contributed by atoms with E-state index in [0.717, 1.165) is 18.4 Å². The van der Waals surface area contributed by atoms with Crippen molar-refractivity contribution in [3.63, 3.8) is 0 Å². The highest BCUT2D eigenvalue weighted by molar-refractivity contribution is 7.99. The Morgan fingerprint density at radius 2 is 2.00 bits per heavy atom. The Kier molecular flexibility index (Phi) is 4.95. The summed E-state index contributed by atoms with van der Waals surface area (Å²) in [4.78, 5) is 22.9. The molecule has 2 aromatic heterocycles. The predicted molar refractivity (Wildman–Crippen MR) is 90.0 cm³/mol. The summed E-state index contributed by atoms with van der Waals surface area (Å²) in [5.41, 5.74) is 0.934. The summed E-state index contributed by atoms with van der Waals surface area (Å²) in [7, 11) is 0. The Hall–Kier alpha value is -1.89. The number of aromatic amines is 1. The van der Waals surface area contributed by atoms with Gasteiger partial charge in [0.25, 0.3) is 0 Å². The van der Waals surface area contributed by atoms with Crippen LogP contribution >= 0.6 is 11.8 Å². The molecule has 23 heavy (non-hydrogen) atoms. The first-order valence-corrected chi connectivity index (χ1v) is 8.90. The normalized spacial score (nSPS) is 21.4. The smallest absolute Gasteiger partial charge is 0.233 e. The van der Waals surface area contributed by atoms with Gasteiger partial charge in [-0.1, -0.05) is 11.8 Å². The van der Waals surface area contributed by atoms with Crippen molar-refractivity contribution in [2.45, 2.75) is 50.4 Å². The molecule has 0 bridgehead atoms. The fourth-order valence-electron chi connectivity index (χ4n) is 3.06. The van der Waals surface area contributed by atoms with Crippen LogP contribution < -0.4 is 0 Å². The minimum Gasteiger partial charge on any atom is -0.337 e. The number of carbonyl (C=O) groups excluding carboxylic acids is 1. The first kappa shape index (κ1) is 16.0. The molecule has 1 N–H and O–H groups in total. The summed E-state index contributed by atoms with van der Waals surface area (Å²) in [5.74, 6) is 1.24. The van der Waals surface area contributed by atoms with E-state index in [9.17, 15) is 4.79 Å². The van der Waals surface area contributed by atoms with Crippen LogP contribution in [-0.4, -0.2) is 48.8 Å². The zero-order valence-electron chi connectivity index (χ0n) is 13.4. The fourth-order valence-corrected chi connectivity index (χ4v) is 3.73. The lowest BCUT2D eigenvalue weighted by Gasteiger charge is -2.39. The van der Waals surface area contributed by atoms with E-state index in [1.54, 1.807) is 12.4 Å². The minimum atomic E-state index is 0.171. The molecule has 7 heteroatoms. The second-order valence-electron chi connectivity index (χ2n) is 5.92. The van der Waals surface area contributed by atoms with Gasteiger partial charge in [-0.15, -0.1) is 5.10 Å². The average molecular weight is 331 g/mol. The number of rotatable bonds is 4. The molecule has 2 aromatic rings. The maximum absolute atomic E-state index is 12.5.